The lowest BCUT2D eigenvalue weighted by atomic mass is 10.4. The second-order valence-corrected chi connectivity index (χ2v) is 4.60. The van der Waals surface area contributed by atoms with Gasteiger partial charge in [0.15, 0.2) is 17.0 Å². The zero-order valence-corrected chi connectivity index (χ0v) is 10.7. The van der Waals surface area contributed by atoms with E-state index in [1.165, 1.54) is 5.57 Å². The van der Waals surface area contributed by atoms with Crippen LogP contribution in [0.15, 0.2) is 11.9 Å². The predicted octanol–water partition coefficient (Wildman–Crippen LogP) is 0.307. The monoisotopic (exact) mass is 270 g/mol. The van der Waals surface area contributed by atoms with Gasteiger partial charge >= 0.3 is 0 Å². The van der Waals surface area contributed by atoms with Crippen molar-refractivity contribution in [1.29, 1.82) is 0 Å². The van der Waals surface area contributed by atoms with Gasteiger partial charge in [-0.05, 0) is 12.0 Å². The van der Waals surface area contributed by atoms with Crippen LogP contribution in [0.2, 0.25) is 0 Å². The predicted molar refractivity (Wildman–Crippen MR) is 76.5 cm³/mol. The third-order valence-corrected chi connectivity index (χ3v) is 3.17. The molecule has 0 bridgehead atoms. The SMILES string of the molecule is C#CCNc1nc(N)nc2c1ncn2/C=C1\C[C@@H]1CO. The highest BCUT2D eigenvalue weighted by Crippen LogP contribution is 2.37. The van der Waals surface area contributed by atoms with E-state index in [0.29, 0.717) is 23.5 Å². The molecule has 0 aliphatic heterocycles. The van der Waals surface area contributed by atoms with Crippen LogP contribution in [0, 0.1) is 18.3 Å². The number of rotatable bonds is 4. The molecule has 2 aromatic heterocycles. The zero-order valence-electron chi connectivity index (χ0n) is 10.7. The molecule has 1 aliphatic carbocycles. The standard InChI is InChI=1S/C13H14N6O/c1-2-3-15-11-10-12(18-13(14)17-11)19(7-16-10)5-8-4-9(8)6-20/h1,5,7,9,20H,3-4,6H2,(H3,14,15,17,18)/b8-5+/t9-/m1/s1. The average molecular weight is 270 g/mol. The summed E-state index contributed by atoms with van der Waals surface area (Å²) in [5.41, 5.74) is 8.11. The van der Waals surface area contributed by atoms with Gasteiger partial charge in [-0.25, -0.2) is 4.98 Å². The molecule has 0 radical (unpaired) electrons. The Kier molecular flexibility index (Phi) is 3.00. The largest absolute Gasteiger partial charge is 0.396 e. The van der Waals surface area contributed by atoms with E-state index in [4.69, 9.17) is 17.3 Å². The molecule has 7 heteroatoms. The molecule has 2 aromatic rings. The van der Waals surface area contributed by atoms with E-state index in [9.17, 15) is 0 Å². The molecule has 1 saturated carbocycles. The second-order valence-electron chi connectivity index (χ2n) is 4.60. The van der Waals surface area contributed by atoms with E-state index in [1.54, 1.807) is 10.9 Å². The molecule has 0 unspecified atom stereocenters. The number of terminal acetylenes is 1. The Bertz CT molecular complexity index is 726. The summed E-state index contributed by atoms with van der Waals surface area (Å²) in [7, 11) is 0. The first-order chi connectivity index (χ1) is 9.72. The van der Waals surface area contributed by atoms with Crippen molar-refractivity contribution >= 4 is 29.1 Å². The molecule has 20 heavy (non-hydrogen) atoms. The van der Waals surface area contributed by atoms with Gasteiger partial charge in [0.05, 0.1) is 6.54 Å². The molecular weight excluding hydrogens is 256 g/mol. The number of nitrogens with one attached hydrogen (secondary N) is 1. The molecule has 0 saturated heterocycles. The molecular formula is C13H14N6O. The Balaban J connectivity index is 2.02. The fraction of sp³-hybridized carbons (Fsp3) is 0.308. The minimum absolute atomic E-state index is 0.159. The molecule has 0 aromatic carbocycles. The van der Waals surface area contributed by atoms with Gasteiger partial charge in [0.25, 0.3) is 0 Å². The number of nitrogen functional groups attached to an aromatic ring is 1. The van der Waals surface area contributed by atoms with Crippen LogP contribution in [0.25, 0.3) is 17.4 Å². The van der Waals surface area contributed by atoms with E-state index >= 15 is 0 Å². The van der Waals surface area contributed by atoms with E-state index in [2.05, 4.69) is 26.2 Å². The number of aliphatic hydroxyl groups is 1. The Morgan fingerprint density at radius 3 is 3.15 bits per heavy atom. The number of aromatic nitrogens is 4. The Morgan fingerprint density at radius 1 is 1.60 bits per heavy atom. The summed E-state index contributed by atoms with van der Waals surface area (Å²) in [6.45, 7) is 0.511. The first-order valence-corrected chi connectivity index (χ1v) is 6.21. The number of fused-ring (bicyclic) bond motifs is 1. The van der Waals surface area contributed by atoms with Crippen LogP contribution in [0.4, 0.5) is 11.8 Å². The molecule has 1 aliphatic rings. The zero-order chi connectivity index (χ0) is 14.1. The van der Waals surface area contributed by atoms with Crippen LogP contribution < -0.4 is 11.1 Å². The summed E-state index contributed by atoms with van der Waals surface area (Å²) < 4.78 is 1.79. The van der Waals surface area contributed by atoms with Gasteiger partial charge in [0.2, 0.25) is 5.95 Å². The van der Waals surface area contributed by atoms with Gasteiger partial charge in [0.1, 0.15) is 6.33 Å². The minimum atomic E-state index is 0.159. The molecule has 102 valence electrons. The molecule has 4 N–H and O–H groups in total. The maximum atomic E-state index is 9.06. The molecule has 7 nitrogen and oxygen atoms in total. The first kappa shape index (κ1) is 12.4. The van der Waals surface area contributed by atoms with Crippen LogP contribution in [-0.4, -0.2) is 37.8 Å². The highest BCUT2D eigenvalue weighted by atomic mass is 16.3. The van der Waals surface area contributed by atoms with Crippen LogP contribution in [-0.2, 0) is 0 Å². The van der Waals surface area contributed by atoms with E-state index in [0.717, 1.165) is 6.42 Å². The van der Waals surface area contributed by atoms with Crippen molar-refractivity contribution in [2.24, 2.45) is 5.92 Å². The van der Waals surface area contributed by atoms with Gasteiger partial charge in [-0.15, -0.1) is 6.42 Å². The number of anilines is 2. The lowest BCUT2D eigenvalue weighted by Gasteiger charge is -2.03. The minimum Gasteiger partial charge on any atom is -0.396 e. The normalized spacial score (nSPS) is 19.2. The van der Waals surface area contributed by atoms with Crippen molar-refractivity contribution < 1.29 is 5.11 Å². The lowest BCUT2D eigenvalue weighted by Crippen LogP contribution is -2.05. The third-order valence-electron chi connectivity index (χ3n) is 3.17. The number of nitrogens with two attached hydrogens (primary N) is 1. The number of nitrogens with zero attached hydrogens (tertiary/aromatic N) is 4. The van der Waals surface area contributed by atoms with E-state index in [1.807, 2.05) is 6.20 Å². The van der Waals surface area contributed by atoms with E-state index in [-0.39, 0.29) is 18.5 Å². The number of hydrogen-bond acceptors (Lipinski definition) is 6. The van der Waals surface area contributed by atoms with Crippen molar-refractivity contribution in [3.8, 4) is 12.3 Å². The third kappa shape index (κ3) is 2.17. The number of hydrogen-bond donors (Lipinski definition) is 3. The quantitative estimate of drug-likeness (QED) is 0.691. The van der Waals surface area contributed by atoms with Crippen LogP contribution >= 0.6 is 0 Å². The maximum absolute atomic E-state index is 9.06. The number of aliphatic hydroxyl groups excluding tert-OH is 1. The van der Waals surface area contributed by atoms with Gasteiger partial charge in [0, 0.05) is 18.7 Å². The second kappa shape index (κ2) is 4.83. The molecule has 0 spiro atoms. The van der Waals surface area contributed by atoms with Crippen LogP contribution in [0.1, 0.15) is 6.42 Å². The topological polar surface area (TPSA) is 102 Å². The molecule has 1 fully saturated rings. The Labute approximate surface area is 115 Å². The summed E-state index contributed by atoms with van der Waals surface area (Å²) in [4.78, 5) is 12.6. The fourth-order valence-corrected chi connectivity index (χ4v) is 2.03. The van der Waals surface area contributed by atoms with E-state index < -0.39 is 0 Å². The first-order valence-electron chi connectivity index (χ1n) is 6.21. The summed E-state index contributed by atoms with van der Waals surface area (Å²) in [6, 6.07) is 0. The van der Waals surface area contributed by atoms with Gasteiger partial charge in [-0.3, -0.25) is 4.57 Å². The summed E-state index contributed by atoms with van der Waals surface area (Å²) in [5, 5.41) is 12.0. The fourth-order valence-electron chi connectivity index (χ4n) is 2.03. The molecule has 3 rings (SSSR count). The molecule has 0 amide bonds. The highest BCUT2D eigenvalue weighted by molar-refractivity contribution is 5.85. The van der Waals surface area contributed by atoms with Crippen molar-refractivity contribution in [3.63, 3.8) is 0 Å². The van der Waals surface area contributed by atoms with Crippen molar-refractivity contribution in [2.75, 3.05) is 24.2 Å². The molecule has 2 heterocycles. The van der Waals surface area contributed by atoms with Crippen molar-refractivity contribution in [1.82, 2.24) is 19.5 Å². The van der Waals surface area contributed by atoms with Crippen molar-refractivity contribution in [3.05, 3.63) is 11.9 Å². The average Bonchev–Trinajstić information content (AvgIpc) is 3.08. The Morgan fingerprint density at radius 2 is 2.45 bits per heavy atom. The number of imidazole rings is 1. The van der Waals surface area contributed by atoms with Gasteiger partial charge in [-0.1, -0.05) is 5.92 Å². The van der Waals surface area contributed by atoms with Gasteiger partial charge in [-0.2, -0.15) is 9.97 Å². The highest BCUT2D eigenvalue weighted by Gasteiger charge is 2.29. The maximum Gasteiger partial charge on any atom is 0.224 e. The smallest absolute Gasteiger partial charge is 0.224 e. The van der Waals surface area contributed by atoms with Crippen LogP contribution in [0.3, 0.4) is 0 Å². The summed E-state index contributed by atoms with van der Waals surface area (Å²) in [6.07, 6.45) is 9.70. The van der Waals surface area contributed by atoms with Crippen LogP contribution in [0.5, 0.6) is 0 Å². The van der Waals surface area contributed by atoms with Gasteiger partial charge < -0.3 is 16.2 Å². The van der Waals surface area contributed by atoms with Crippen molar-refractivity contribution in [2.45, 2.75) is 6.42 Å². The molecule has 1 atom stereocenters. The lowest BCUT2D eigenvalue weighted by molar-refractivity contribution is 0.281. The Hall–Kier alpha value is -2.59. The summed E-state index contributed by atoms with van der Waals surface area (Å²) in [5.74, 6) is 3.42. The summed E-state index contributed by atoms with van der Waals surface area (Å²) >= 11 is 0.